The molecule has 0 aliphatic carbocycles. The monoisotopic (exact) mass is 348 g/mol. The minimum Gasteiger partial charge on any atom is -0.493 e. The van der Waals surface area contributed by atoms with Crippen LogP contribution in [0.5, 0.6) is 5.75 Å². The third kappa shape index (κ3) is 3.64. The smallest absolute Gasteiger partial charge is 0.124 e. The molecule has 0 bridgehead atoms. The van der Waals surface area contributed by atoms with Crippen molar-refractivity contribution in [2.45, 2.75) is 26.3 Å². The highest BCUT2D eigenvalue weighted by Crippen LogP contribution is 2.34. The first kappa shape index (κ1) is 16.0. The van der Waals surface area contributed by atoms with Gasteiger partial charge in [0.15, 0.2) is 0 Å². The van der Waals surface area contributed by atoms with Crippen molar-refractivity contribution in [1.29, 1.82) is 0 Å². The highest BCUT2D eigenvalue weighted by atomic mass is 79.9. The zero-order chi connectivity index (χ0) is 15.2. The molecule has 0 aliphatic heterocycles. The van der Waals surface area contributed by atoms with Gasteiger partial charge in [0.05, 0.1) is 12.6 Å². The van der Waals surface area contributed by atoms with E-state index in [4.69, 9.17) is 10.6 Å². The maximum atomic E-state index is 5.85. The van der Waals surface area contributed by atoms with Gasteiger partial charge in [-0.3, -0.25) is 5.84 Å². The third-order valence-corrected chi connectivity index (χ3v) is 4.47. The van der Waals surface area contributed by atoms with E-state index in [2.05, 4.69) is 47.3 Å². The lowest BCUT2D eigenvalue weighted by Gasteiger charge is -2.22. The van der Waals surface area contributed by atoms with E-state index < -0.39 is 0 Å². The van der Waals surface area contributed by atoms with Crippen LogP contribution in [0.15, 0.2) is 46.9 Å². The van der Waals surface area contributed by atoms with Gasteiger partial charge in [-0.05, 0) is 30.5 Å². The number of benzene rings is 2. The van der Waals surface area contributed by atoms with Gasteiger partial charge in [0.2, 0.25) is 0 Å². The Balaban J connectivity index is 2.44. The molecule has 2 aromatic carbocycles. The molecule has 1 unspecified atom stereocenters. The normalized spacial score (nSPS) is 12.2. The molecule has 0 fully saturated rings. The van der Waals surface area contributed by atoms with E-state index >= 15 is 0 Å². The van der Waals surface area contributed by atoms with Crippen LogP contribution >= 0.6 is 15.9 Å². The molecule has 0 amide bonds. The Hall–Kier alpha value is -1.36. The fourth-order valence-corrected chi connectivity index (χ4v) is 2.80. The predicted molar refractivity (Wildman–Crippen MR) is 90.3 cm³/mol. The van der Waals surface area contributed by atoms with Crippen molar-refractivity contribution in [3.63, 3.8) is 0 Å². The van der Waals surface area contributed by atoms with Crippen LogP contribution < -0.4 is 16.0 Å². The first-order chi connectivity index (χ1) is 10.2. The minimum atomic E-state index is -0.118. The summed E-state index contributed by atoms with van der Waals surface area (Å²) in [6.45, 7) is 4.86. The Labute approximate surface area is 134 Å². The number of aryl methyl sites for hydroxylation is 1. The molecular formula is C17H21BrN2O. The van der Waals surface area contributed by atoms with Crippen LogP contribution in [0, 0.1) is 6.92 Å². The second-order valence-corrected chi connectivity index (χ2v) is 5.76. The molecule has 0 heterocycles. The van der Waals surface area contributed by atoms with Crippen molar-refractivity contribution in [3.05, 3.63) is 63.6 Å². The van der Waals surface area contributed by atoms with Gasteiger partial charge in [-0.2, -0.15) is 0 Å². The van der Waals surface area contributed by atoms with Crippen LogP contribution in [0.3, 0.4) is 0 Å². The van der Waals surface area contributed by atoms with Crippen LogP contribution in [0.25, 0.3) is 0 Å². The van der Waals surface area contributed by atoms with Gasteiger partial charge in [-0.1, -0.05) is 59.3 Å². The van der Waals surface area contributed by atoms with Gasteiger partial charge in [0.1, 0.15) is 5.75 Å². The van der Waals surface area contributed by atoms with E-state index in [0.29, 0.717) is 6.61 Å². The summed E-state index contributed by atoms with van der Waals surface area (Å²) in [4.78, 5) is 0. The molecule has 4 heteroatoms. The zero-order valence-corrected chi connectivity index (χ0v) is 14.0. The van der Waals surface area contributed by atoms with Gasteiger partial charge in [-0.25, -0.2) is 5.43 Å². The third-order valence-electron chi connectivity index (χ3n) is 3.39. The summed E-state index contributed by atoms with van der Waals surface area (Å²) in [5, 5.41) is 0. The highest BCUT2D eigenvalue weighted by molar-refractivity contribution is 9.10. The Morgan fingerprint density at radius 3 is 2.57 bits per heavy atom. The second-order valence-electron chi connectivity index (χ2n) is 4.96. The fourth-order valence-electron chi connectivity index (χ4n) is 2.30. The van der Waals surface area contributed by atoms with Crippen LogP contribution in [-0.4, -0.2) is 6.61 Å². The molecule has 2 aromatic rings. The molecule has 3 nitrogen and oxygen atoms in total. The van der Waals surface area contributed by atoms with E-state index in [1.54, 1.807) is 0 Å². The van der Waals surface area contributed by atoms with Crippen molar-refractivity contribution < 1.29 is 4.74 Å². The molecule has 112 valence electrons. The molecule has 0 aliphatic rings. The lowest BCUT2D eigenvalue weighted by atomic mass is 9.97. The molecule has 0 aromatic heterocycles. The molecule has 3 N–H and O–H groups in total. The Morgan fingerprint density at radius 1 is 1.14 bits per heavy atom. The van der Waals surface area contributed by atoms with Gasteiger partial charge in [0, 0.05) is 10.0 Å². The minimum absolute atomic E-state index is 0.118. The zero-order valence-electron chi connectivity index (χ0n) is 12.4. The highest BCUT2D eigenvalue weighted by Gasteiger charge is 2.19. The largest absolute Gasteiger partial charge is 0.493 e. The van der Waals surface area contributed by atoms with E-state index in [9.17, 15) is 0 Å². The molecule has 2 rings (SSSR count). The number of hydrazine groups is 1. The van der Waals surface area contributed by atoms with E-state index in [1.807, 2.05) is 30.3 Å². The van der Waals surface area contributed by atoms with Crippen molar-refractivity contribution in [2.24, 2.45) is 5.84 Å². The summed E-state index contributed by atoms with van der Waals surface area (Å²) in [6.07, 6.45) is 0.975. The maximum absolute atomic E-state index is 5.85. The summed E-state index contributed by atoms with van der Waals surface area (Å²) >= 11 is 3.66. The molecule has 1 atom stereocenters. The summed E-state index contributed by atoms with van der Waals surface area (Å²) in [7, 11) is 0. The van der Waals surface area contributed by atoms with E-state index in [0.717, 1.165) is 27.8 Å². The lowest BCUT2D eigenvalue weighted by molar-refractivity contribution is 0.311. The summed E-state index contributed by atoms with van der Waals surface area (Å²) < 4.78 is 6.92. The molecule has 0 spiro atoms. The fraction of sp³-hybridized carbons (Fsp3) is 0.294. The molecule has 21 heavy (non-hydrogen) atoms. The summed E-state index contributed by atoms with van der Waals surface area (Å²) in [6, 6.07) is 14.1. The number of hydrogen-bond donors (Lipinski definition) is 2. The topological polar surface area (TPSA) is 47.3 Å². The Bertz CT molecular complexity index is 601. The second kappa shape index (κ2) is 7.59. The maximum Gasteiger partial charge on any atom is 0.124 e. The molecule has 0 saturated heterocycles. The summed E-state index contributed by atoms with van der Waals surface area (Å²) in [5.74, 6) is 6.70. The Morgan fingerprint density at radius 2 is 1.86 bits per heavy atom. The lowest BCUT2D eigenvalue weighted by Crippen LogP contribution is -2.29. The number of halogens is 1. The quantitative estimate of drug-likeness (QED) is 0.610. The summed E-state index contributed by atoms with van der Waals surface area (Å²) in [5.41, 5.74) is 6.23. The van der Waals surface area contributed by atoms with E-state index in [1.165, 1.54) is 5.56 Å². The Kier molecular flexibility index (Phi) is 5.79. The van der Waals surface area contributed by atoms with Gasteiger partial charge >= 0.3 is 0 Å². The van der Waals surface area contributed by atoms with Crippen LogP contribution in [-0.2, 0) is 0 Å². The van der Waals surface area contributed by atoms with Crippen molar-refractivity contribution in [3.8, 4) is 5.75 Å². The average Bonchev–Trinajstić information content (AvgIpc) is 2.51. The number of rotatable bonds is 6. The first-order valence-corrected chi connectivity index (χ1v) is 7.91. The first-order valence-electron chi connectivity index (χ1n) is 7.11. The average molecular weight is 349 g/mol. The predicted octanol–water partition coefficient (Wildman–Crippen LogP) is 4.10. The van der Waals surface area contributed by atoms with Crippen molar-refractivity contribution in [1.82, 2.24) is 5.43 Å². The number of hydrogen-bond acceptors (Lipinski definition) is 3. The van der Waals surface area contributed by atoms with Gasteiger partial charge < -0.3 is 4.74 Å². The molecular weight excluding hydrogens is 328 g/mol. The van der Waals surface area contributed by atoms with Crippen LogP contribution in [0.1, 0.15) is 36.1 Å². The molecule has 0 radical (unpaired) electrons. The van der Waals surface area contributed by atoms with Crippen molar-refractivity contribution in [2.75, 3.05) is 6.61 Å². The van der Waals surface area contributed by atoms with E-state index in [-0.39, 0.29) is 6.04 Å². The molecule has 0 saturated carbocycles. The number of ether oxygens (including phenoxy) is 1. The number of nitrogens with one attached hydrogen (secondary N) is 1. The van der Waals surface area contributed by atoms with Gasteiger partial charge in [-0.15, -0.1) is 0 Å². The number of para-hydroxylation sites is 1. The SMILES string of the molecule is CCCOc1ccccc1C(NN)c1cccc(C)c1Br. The van der Waals surface area contributed by atoms with Crippen molar-refractivity contribution >= 4 is 15.9 Å². The number of nitrogens with two attached hydrogens (primary N) is 1. The van der Waals surface area contributed by atoms with Gasteiger partial charge in [0.25, 0.3) is 0 Å². The van der Waals surface area contributed by atoms with Crippen LogP contribution in [0.2, 0.25) is 0 Å². The van der Waals surface area contributed by atoms with Crippen LogP contribution in [0.4, 0.5) is 0 Å². The standard InChI is InChI=1S/C17H21BrN2O/c1-3-11-21-15-10-5-4-8-13(15)17(20-19)14-9-6-7-12(2)16(14)18/h4-10,17,20H,3,11,19H2,1-2H3.